The van der Waals surface area contributed by atoms with E-state index in [4.69, 9.17) is 0 Å². The number of hydrogen-bond acceptors (Lipinski definition) is 4. The van der Waals surface area contributed by atoms with E-state index in [1.54, 1.807) is 35.4 Å². The molecule has 1 amide bonds. The molecule has 0 spiro atoms. The maximum absolute atomic E-state index is 13.1. The highest BCUT2D eigenvalue weighted by molar-refractivity contribution is 7.89. The highest BCUT2D eigenvalue weighted by Crippen LogP contribution is 2.25. The topological polar surface area (TPSA) is 57.7 Å². The van der Waals surface area contributed by atoms with Gasteiger partial charge in [0.1, 0.15) is 0 Å². The summed E-state index contributed by atoms with van der Waals surface area (Å²) in [4.78, 5) is 15.6. The van der Waals surface area contributed by atoms with Crippen molar-refractivity contribution >= 4 is 27.3 Å². The van der Waals surface area contributed by atoms with E-state index in [1.807, 2.05) is 41.8 Å². The molecule has 0 aliphatic carbocycles. The van der Waals surface area contributed by atoms with Crippen molar-refractivity contribution < 1.29 is 13.2 Å². The Labute approximate surface area is 175 Å². The Morgan fingerprint density at radius 3 is 2.45 bits per heavy atom. The second-order valence-corrected chi connectivity index (χ2v) is 10.1. The van der Waals surface area contributed by atoms with Gasteiger partial charge in [-0.05, 0) is 53.3 Å². The average Bonchev–Trinajstić information content (AvgIpc) is 3.26. The van der Waals surface area contributed by atoms with E-state index < -0.39 is 10.0 Å². The average molecular weight is 427 g/mol. The number of rotatable bonds is 5. The van der Waals surface area contributed by atoms with E-state index >= 15 is 0 Å². The Morgan fingerprint density at radius 1 is 1.03 bits per heavy atom. The Kier molecular flexibility index (Phi) is 5.54. The highest BCUT2D eigenvalue weighted by atomic mass is 32.2. The second-order valence-electron chi connectivity index (χ2n) is 7.12. The summed E-state index contributed by atoms with van der Waals surface area (Å²) in [6.07, 6.45) is 0.708. The van der Waals surface area contributed by atoms with Crippen molar-refractivity contribution in [2.24, 2.45) is 0 Å². The summed E-state index contributed by atoms with van der Waals surface area (Å²) in [5, 5.41) is 1.98. The lowest BCUT2D eigenvalue weighted by molar-refractivity contribution is 0.0786. The van der Waals surface area contributed by atoms with E-state index in [1.165, 1.54) is 22.0 Å². The quantitative estimate of drug-likeness (QED) is 0.624. The van der Waals surface area contributed by atoms with E-state index in [0.717, 1.165) is 10.4 Å². The Balaban J connectivity index is 1.49. The number of carbonyl (C=O) groups excluding carboxylic acids is 1. The first-order chi connectivity index (χ1) is 13.9. The number of hydrogen-bond donors (Lipinski definition) is 0. The van der Waals surface area contributed by atoms with Crippen LogP contribution in [-0.2, 0) is 29.5 Å². The normalized spacial score (nSPS) is 14.4. The molecule has 7 heteroatoms. The molecular formula is C22H22N2O3S2. The van der Waals surface area contributed by atoms with Crippen LogP contribution in [0.15, 0.2) is 70.9 Å². The number of carbonyl (C=O) groups is 1. The molecule has 1 aromatic heterocycles. The smallest absolute Gasteiger partial charge is 0.253 e. The van der Waals surface area contributed by atoms with Crippen LogP contribution in [0.1, 0.15) is 26.4 Å². The minimum absolute atomic E-state index is 0.130. The molecule has 0 N–H and O–H groups in total. The molecule has 29 heavy (non-hydrogen) atoms. The molecule has 3 aromatic rings. The summed E-state index contributed by atoms with van der Waals surface area (Å²) in [6.45, 7) is 1.37. The minimum Gasteiger partial charge on any atom is -0.337 e. The molecular weight excluding hydrogens is 404 g/mol. The number of sulfonamides is 1. The Hall–Kier alpha value is -2.48. The van der Waals surface area contributed by atoms with Crippen molar-refractivity contribution in [2.45, 2.75) is 24.4 Å². The maximum atomic E-state index is 13.1. The van der Waals surface area contributed by atoms with Crippen LogP contribution in [-0.4, -0.2) is 37.1 Å². The number of thiophene rings is 1. The van der Waals surface area contributed by atoms with Gasteiger partial charge < -0.3 is 4.90 Å². The molecule has 0 saturated carbocycles. The van der Waals surface area contributed by atoms with Crippen LogP contribution in [0.2, 0.25) is 0 Å². The molecule has 4 rings (SSSR count). The maximum Gasteiger partial charge on any atom is 0.253 e. The molecule has 1 aliphatic rings. The van der Waals surface area contributed by atoms with Crippen LogP contribution in [0.3, 0.4) is 0 Å². The van der Waals surface area contributed by atoms with Crippen LogP contribution in [0.25, 0.3) is 0 Å². The summed E-state index contributed by atoms with van der Waals surface area (Å²) in [6, 6.07) is 18.1. The lowest BCUT2D eigenvalue weighted by atomic mass is 10.0. The molecule has 0 bridgehead atoms. The van der Waals surface area contributed by atoms with Crippen molar-refractivity contribution in [3.8, 4) is 0 Å². The fourth-order valence-corrected chi connectivity index (χ4v) is 5.70. The highest BCUT2D eigenvalue weighted by Gasteiger charge is 2.28. The zero-order valence-electron chi connectivity index (χ0n) is 16.1. The Morgan fingerprint density at radius 2 is 1.76 bits per heavy atom. The van der Waals surface area contributed by atoms with E-state index in [0.29, 0.717) is 31.6 Å². The standard InChI is InChI=1S/C22H22N2O3S2/c1-23(16-20-7-4-14-28-20)22(25)18-8-10-21(11-9-18)29(26,27)24-13-12-17-5-2-3-6-19(17)15-24/h2-11,14H,12-13,15-16H2,1H3. The first kappa shape index (κ1) is 19.8. The fourth-order valence-electron chi connectivity index (χ4n) is 3.52. The summed E-state index contributed by atoms with van der Waals surface area (Å²) in [5.74, 6) is -0.130. The monoisotopic (exact) mass is 426 g/mol. The van der Waals surface area contributed by atoms with Crippen molar-refractivity contribution in [1.29, 1.82) is 0 Å². The summed E-state index contributed by atoms with van der Waals surface area (Å²) < 4.78 is 27.6. The van der Waals surface area contributed by atoms with Crippen molar-refractivity contribution in [3.05, 3.63) is 87.6 Å². The predicted octanol–water partition coefficient (Wildman–Crippen LogP) is 3.77. The van der Waals surface area contributed by atoms with Gasteiger partial charge in [0.15, 0.2) is 0 Å². The molecule has 0 atom stereocenters. The lowest BCUT2D eigenvalue weighted by Gasteiger charge is -2.28. The van der Waals surface area contributed by atoms with Crippen LogP contribution < -0.4 is 0 Å². The zero-order chi connectivity index (χ0) is 20.4. The van der Waals surface area contributed by atoms with Gasteiger partial charge in [-0.25, -0.2) is 8.42 Å². The van der Waals surface area contributed by atoms with Gasteiger partial charge in [0.25, 0.3) is 5.91 Å². The number of amides is 1. The third-order valence-corrected chi connectivity index (χ3v) is 7.88. The first-order valence-electron chi connectivity index (χ1n) is 9.40. The van der Waals surface area contributed by atoms with Crippen LogP contribution >= 0.6 is 11.3 Å². The van der Waals surface area contributed by atoms with Crippen LogP contribution in [0.4, 0.5) is 0 Å². The molecule has 0 fully saturated rings. The van der Waals surface area contributed by atoms with Crippen molar-refractivity contribution in [2.75, 3.05) is 13.6 Å². The van der Waals surface area contributed by atoms with Gasteiger partial charge in [0.2, 0.25) is 10.0 Å². The molecule has 0 unspecified atom stereocenters. The van der Waals surface area contributed by atoms with Gasteiger partial charge in [-0.3, -0.25) is 4.79 Å². The van der Waals surface area contributed by atoms with E-state index in [9.17, 15) is 13.2 Å². The van der Waals surface area contributed by atoms with Crippen molar-refractivity contribution in [1.82, 2.24) is 9.21 Å². The minimum atomic E-state index is -3.60. The predicted molar refractivity (Wildman–Crippen MR) is 114 cm³/mol. The molecule has 5 nitrogen and oxygen atoms in total. The van der Waals surface area contributed by atoms with Gasteiger partial charge in [-0.1, -0.05) is 30.3 Å². The molecule has 150 valence electrons. The summed E-state index contributed by atoms with van der Waals surface area (Å²) in [7, 11) is -1.85. The summed E-state index contributed by atoms with van der Waals surface area (Å²) >= 11 is 1.60. The lowest BCUT2D eigenvalue weighted by Crippen LogP contribution is -2.36. The van der Waals surface area contributed by atoms with Crippen molar-refractivity contribution in [3.63, 3.8) is 0 Å². The van der Waals surface area contributed by atoms with Gasteiger partial charge in [0.05, 0.1) is 11.4 Å². The zero-order valence-corrected chi connectivity index (χ0v) is 17.7. The molecule has 2 heterocycles. The van der Waals surface area contributed by atoms with Gasteiger partial charge >= 0.3 is 0 Å². The SMILES string of the molecule is CN(Cc1cccs1)C(=O)c1ccc(S(=O)(=O)N2CCc3ccccc3C2)cc1. The first-order valence-corrected chi connectivity index (χ1v) is 11.7. The van der Waals surface area contributed by atoms with Crippen LogP contribution in [0.5, 0.6) is 0 Å². The molecule has 0 saturated heterocycles. The second kappa shape index (κ2) is 8.10. The Bertz CT molecular complexity index is 1110. The van der Waals surface area contributed by atoms with Crippen LogP contribution in [0, 0.1) is 0 Å². The van der Waals surface area contributed by atoms with E-state index in [-0.39, 0.29) is 10.8 Å². The summed E-state index contributed by atoms with van der Waals surface area (Å²) in [5.41, 5.74) is 2.73. The van der Waals surface area contributed by atoms with Gasteiger partial charge in [-0.15, -0.1) is 11.3 Å². The van der Waals surface area contributed by atoms with Gasteiger partial charge in [-0.2, -0.15) is 4.31 Å². The molecule has 1 aliphatic heterocycles. The molecule has 0 radical (unpaired) electrons. The number of nitrogens with zero attached hydrogens (tertiary/aromatic N) is 2. The third-order valence-electron chi connectivity index (χ3n) is 5.15. The van der Waals surface area contributed by atoms with Gasteiger partial charge in [0, 0.05) is 30.6 Å². The van der Waals surface area contributed by atoms with E-state index in [2.05, 4.69) is 0 Å². The largest absolute Gasteiger partial charge is 0.337 e. The molecule has 2 aromatic carbocycles. The fraction of sp³-hybridized carbons (Fsp3) is 0.227. The number of benzene rings is 2. The third kappa shape index (κ3) is 4.12. The number of fused-ring (bicyclic) bond motifs is 1.